The third kappa shape index (κ3) is 3.35. The van der Waals surface area contributed by atoms with Crippen molar-refractivity contribution in [3.05, 3.63) is 71.0 Å². The smallest absolute Gasteiger partial charge is 0.255 e. The van der Waals surface area contributed by atoms with Crippen molar-refractivity contribution in [2.45, 2.75) is 43.9 Å². The standard InChI is InChI=1S/C25H25ClN4O/c26-20-3-1-2-19(11-20)24(31)28-21-4-6-22(7-5-21)30-23(15-27-29-30)25-12-16-8-17(13-25)10-18(9-16)14-25/h1-7,11,15-18H,8-10,12-14H2,(H,28,31). The average molecular weight is 433 g/mol. The molecule has 158 valence electrons. The van der Waals surface area contributed by atoms with Crippen LogP contribution in [0.5, 0.6) is 0 Å². The molecule has 0 atom stereocenters. The van der Waals surface area contributed by atoms with E-state index >= 15 is 0 Å². The van der Waals surface area contributed by atoms with Crippen molar-refractivity contribution in [2.24, 2.45) is 17.8 Å². The first-order valence-corrected chi connectivity index (χ1v) is 11.5. The van der Waals surface area contributed by atoms with Crippen molar-refractivity contribution < 1.29 is 4.79 Å². The Morgan fingerprint density at radius 2 is 1.68 bits per heavy atom. The van der Waals surface area contributed by atoms with Crippen molar-refractivity contribution in [2.75, 3.05) is 5.32 Å². The number of rotatable bonds is 4. The molecule has 1 N–H and O–H groups in total. The first-order valence-electron chi connectivity index (χ1n) is 11.2. The zero-order valence-corrected chi connectivity index (χ0v) is 18.1. The third-order valence-electron chi connectivity index (χ3n) is 7.59. The van der Waals surface area contributed by atoms with Crippen LogP contribution in [0.25, 0.3) is 5.69 Å². The Bertz CT molecular complexity index is 1100. The monoisotopic (exact) mass is 432 g/mol. The second-order valence-electron chi connectivity index (χ2n) is 9.74. The summed E-state index contributed by atoms with van der Waals surface area (Å²) in [5.74, 6) is 2.45. The molecule has 0 saturated heterocycles. The SMILES string of the molecule is O=C(Nc1ccc(-n2nncc2C23CC4CC(CC(C4)C2)C3)cc1)c1cccc(Cl)c1. The number of nitrogens with zero attached hydrogens (tertiary/aromatic N) is 3. The topological polar surface area (TPSA) is 59.8 Å². The van der Waals surface area contributed by atoms with Crippen molar-refractivity contribution in [1.29, 1.82) is 0 Å². The first-order chi connectivity index (χ1) is 15.1. The molecule has 1 amide bonds. The summed E-state index contributed by atoms with van der Waals surface area (Å²) in [7, 11) is 0. The van der Waals surface area contributed by atoms with Crippen LogP contribution < -0.4 is 5.32 Å². The van der Waals surface area contributed by atoms with Crippen molar-refractivity contribution >= 4 is 23.2 Å². The van der Waals surface area contributed by atoms with Crippen LogP contribution in [0.2, 0.25) is 5.02 Å². The van der Waals surface area contributed by atoms with Gasteiger partial charge in [0.1, 0.15) is 0 Å². The maximum Gasteiger partial charge on any atom is 0.255 e. The average Bonchev–Trinajstić information content (AvgIpc) is 3.24. The molecule has 31 heavy (non-hydrogen) atoms. The van der Waals surface area contributed by atoms with Gasteiger partial charge in [0.25, 0.3) is 5.91 Å². The summed E-state index contributed by atoms with van der Waals surface area (Å²) < 4.78 is 2.02. The number of hydrogen-bond donors (Lipinski definition) is 1. The molecule has 4 aliphatic rings. The Morgan fingerprint density at radius 3 is 2.32 bits per heavy atom. The maximum absolute atomic E-state index is 12.5. The second kappa shape index (κ2) is 7.20. The van der Waals surface area contributed by atoms with E-state index in [-0.39, 0.29) is 11.3 Å². The molecule has 6 heteroatoms. The molecule has 4 saturated carbocycles. The molecule has 4 fully saturated rings. The fraction of sp³-hybridized carbons (Fsp3) is 0.400. The lowest BCUT2D eigenvalue weighted by Crippen LogP contribution is -2.49. The molecule has 0 aliphatic heterocycles. The van der Waals surface area contributed by atoms with Gasteiger partial charge in [-0.15, -0.1) is 5.10 Å². The molecule has 5 nitrogen and oxygen atoms in total. The molecular formula is C25H25ClN4O. The molecule has 1 aromatic heterocycles. The minimum Gasteiger partial charge on any atom is -0.322 e. The van der Waals surface area contributed by atoms with Crippen LogP contribution in [-0.2, 0) is 5.41 Å². The van der Waals surface area contributed by atoms with E-state index in [0.29, 0.717) is 10.6 Å². The summed E-state index contributed by atoms with van der Waals surface area (Å²) in [6, 6.07) is 14.8. The highest BCUT2D eigenvalue weighted by atomic mass is 35.5. The lowest BCUT2D eigenvalue weighted by Gasteiger charge is -2.56. The van der Waals surface area contributed by atoms with Crippen LogP contribution in [0.15, 0.2) is 54.7 Å². The normalized spacial score (nSPS) is 28.6. The van der Waals surface area contributed by atoms with Crippen molar-refractivity contribution in [3.63, 3.8) is 0 Å². The number of amides is 1. The highest BCUT2D eigenvalue weighted by Crippen LogP contribution is 2.60. The van der Waals surface area contributed by atoms with Crippen LogP contribution >= 0.6 is 11.6 Å². The van der Waals surface area contributed by atoms with Gasteiger partial charge in [-0.2, -0.15) is 0 Å². The molecule has 0 spiro atoms. The van der Waals surface area contributed by atoms with E-state index in [1.807, 2.05) is 35.1 Å². The maximum atomic E-state index is 12.5. The van der Waals surface area contributed by atoms with Crippen molar-refractivity contribution in [3.8, 4) is 5.69 Å². The Hall–Kier alpha value is -2.66. The number of nitrogens with one attached hydrogen (secondary N) is 1. The summed E-state index contributed by atoms with van der Waals surface area (Å²) in [5, 5.41) is 12.2. The Morgan fingerprint density at radius 1 is 1.00 bits per heavy atom. The van der Waals surface area contributed by atoms with Crippen LogP contribution in [-0.4, -0.2) is 20.9 Å². The van der Waals surface area contributed by atoms with Crippen LogP contribution in [0.3, 0.4) is 0 Å². The lowest BCUT2D eigenvalue weighted by atomic mass is 9.49. The zero-order valence-electron chi connectivity index (χ0n) is 17.3. The number of aromatic nitrogens is 3. The minimum atomic E-state index is -0.176. The zero-order chi connectivity index (χ0) is 21.0. The highest BCUT2D eigenvalue weighted by molar-refractivity contribution is 6.31. The molecule has 1 heterocycles. The lowest BCUT2D eigenvalue weighted by molar-refractivity contribution is -0.00828. The molecule has 7 rings (SSSR count). The highest BCUT2D eigenvalue weighted by Gasteiger charge is 2.53. The van der Waals surface area contributed by atoms with E-state index in [2.05, 4.69) is 15.6 Å². The van der Waals surface area contributed by atoms with Gasteiger partial charge < -0.3 is 5.32 Å². The van der Waals surface area contributed by atoms with E-state index < -0.39 is 0 Å². The summed E-state index contributed by atoms with van der Waals surface area (Å²) in [5.41, 5.74) is 3.77. The predicted octanol–water partition coefficient (Wildman–Crippen LogP) is 5.64. The Kier molecular flexibility index (Phi) is 4.42. The van der Waals surface area contributed by atoms with Gasteiger partial charge in [0.15, 0.2) is 0 Å². The van der Waals surface area contributed by atoms with Gasteiger partial charge in [0, 0.05) is 21.7 Å². The Labute approximate surface area is 186 Å². The molecule has 4 bridgehead atoms. The van der Waals surface area contributed by atoms with Gasteiger partial charge in [-0.1, -0.05) is 22.9 Å². The number of hydrogen-bond acceptors (Lipinski definition) is 3. The summed E-state index contributed by atoms with van der Waals surface area (Å²) in [4.78, 5) is 12.5. The third-order valence-corrected chi connectivity index (χ3v) is 7.82. The number of anilines is 1. The number of halogens is 1. The van der Waals surface area contributed by atoms with Gasteiger partial charge in [-0.25, -0.2) is 4.68 Å². The number of benzene rings is 2. The van der Waals surface area contributed by atoms with E-state index in [1.165, 1.54) is 44.2 Å². The van der Waals surface area contributed by atoms with Crippen LogP contribution in [0.1, 0.15) is 54.6 Å². The van der Waals surface area contributed by atoms with Gasteiger partial charge >= 0.3 is 0 Å². The fourth-order valence-corrected chi connectivity index (χ4v) is 6.92. The summed E-state index contributed by atoms with van der Waals surface area (Å²) in [6.45, 7) is 0. The second-order valence-corrected chi connectivity index (χ2v) is 10.2. The number of carbonyl (C=O) groups is 1. The summed E-state index contributed by atoms with van der Waals surface area (Å²) in [6.07, 6.45) is 10.1. The molecular weight excluding hydrogens is 408 g/mol. The van der Waals surface area contributed by atoms with Crippen LogP contribution in [0, 0.1) is 17.8 Å². The molecule has 3 aromatic rings. The number of carbonyl (C=O) groups excluding carboxylic acids is 1. The van der Waals surface area contributed by atoms with E-state index in [9.17, 15) is 4.79 Å². The largest absolute Gasteiger partial charge is 0.322 e. The van der Waals surface area contributed by atoms with E-state index in [1.54, 1.807) is 24.3 Å². The molecule has 2 aromatic carbocycles. The van der Waals surface area contributed by atoms with E-state index in [0.717, 1.165) is 29.1 Å². The quantitative estimate of drug-likeness (QED) is 0.580. The van der Waals surface area contributed by atoms with Gasteiger partial charge in [-0.3, -0.25) is 4.79 Å². The predicted molar refractivity (Wildman–Crippen MR) is 121 cm³/mol. The molecule has 4 aliphatic carbocycles. The molecule has 0 unspecified atom stereocenters. The van der Waals surface area contributed by atoms with Gasteiger partial charge in [-0.05, 0) is 98.7 Å². The fourth-order valence-electron chi connectivity index (χ4n) is 6.73. The molecule has 0 radical (unpaired) electrons. The van der Waals surface area contributed by atoms with Crippen LogP contribution in [0.4, 0.5) is 5.69 Å². The van der Waals surface area contributed by atoms with Crippen molar-refractivity contribution in [1.82, 2.24) is 15.0 Å². The van der Waals surface area contributed by atoms with Gasteiger partial charge in [0.2, 0.25) is 0 Å². The Balaban J connectivity index is 1.25. The van der Waals surface area contributed by atoms with Gasteiger partial charge in [0.05, 0.1) is 17.6 Å². The van der Waals surface area contributed by atoms with E-state index in [4.69, 9.17) is 11.6 Å². The minimum absolute atomic E-state index is 0.176. The first kappa shape index (κ1) is 19.1. The summed E-state index contributed by atoms with van der Waals surface area (Å²) >= 11 is 6.00.